The zero-order valence-electron chi connectivity index (χ0n) is 10.2. The van der Waals surface area contributed by atoms with Crippen LogP contribution in [-0.2, 0) is 0 Å². The van der Waals surface area contributed by atoms with E-state index in [2.05, 4.69) is 0 Å². The molecule has 0 saturated heterocycles. The summed E-state index contributed by atoms with van der Waals surface area (Å²) in [6.07, 6.45) is 27.0. The maximum Gasteiger partial charge on any atom is 0.0615 e. The first-order valence-electron chi connectivity index (χ1n) is 5.64. The van der Waals surface area contributed by atoms with Crippen LogP contribution in [0.3, 0.4) is 0 Å². The molecule has 0 aliphatic rings. The minimum absolute atomic E-state index is 0.0828. The lowest BCUT2D eigenvalue weighted by atomic mass is 10.3. The van der Waals surface area contributed by atoms with Crippen molar-refractivity contribution in [3.8, 4) is 0 Å². The molecule has 0 aromatic rings. The molecule has 0 heterocycles. The summed E-state index contributed by atoms with van der Waals surface area (Å²) in [5, 5.41) is 8.48. The molecule has 0 spiro atoms. The lowest BCUT2D eigenvalue weighted by Crippen LogP contribution is -1.66. The predicted octanol–water partition coefficient (Wildman–Crippen LogP) is 3.89. The van der Waals surface area contributed by atoms with Gasteiger partial charge in [-0.3, -0.25) is 0 Å². The van der Waals surface area contributed by atoms with E-state index in [9.17, 15) is 0 Å². The zero-order valence-corrected chi connectivity index (χ0v) is 10.2. The molecule has 0 atom stereocenters. The Hall–Kier alpha value is -1.86. The summed E-state index contributed by atoms with van der Waals surface area (Å²) in [4.78, 5) is 0. The largest absolute Gasteiger partial charge is 0.392 e. The minimum atomic E-state index is 0.0828. The van der Waals surface area contributed by atoms with E-state index in [0.29, 0.717) is 0 Å². The average Bonchev–Trinajstić information content (AvgIpc) is 2.35. The molecular weight excluding hydrogens is 208 g/mol. The van der Waals surface area contributed by atoms with Gasteiger partial charge in [0.05, 0.1) is 6.61 Å². The van der Waals surface area contributed by atoms with Crippen LogP contribution in [0.15, 0.2) is 85.1 Å². The Kier molecular flexibility index (Phi) is 12.6. The van der Waals surface area contributed by atoms with Gasteiger partial charge in [0.25, 0.3) is 0 Å². The highest BCUT2D eigenvalue weighted by atomic mass is 16.2. The quantitative estimate of drug-likeness (QED) is 0.655. The Labute approximate surface area is 104 Å². The third-order valence-corrected chi connectivity index (χ3v) is 1.66. The molecule has 0 fully saturated rings. The summed E-state index contributed by atoms with van der Waals surface area (Å²) >= 11 is 0. The highest BCUT2D eigenvalue weighted by Gasteiger charge is 1.64. The van der Waals surface area contributed by atoms with E-state index in [1.807, 2.05) is 79.8 Å². The van der Waals surface area contributed by atoms with Gasteiger partial charge in [-0.15, -0.1) is 0 Å². The molecule has 1 nitrogen and oxygen atoms in total. The van der Waals surface area contributed by atoms with Gasteiger partial charge >= 0.3 is 0 Å². The smallest absolute Gasteiger partial charge is 0.0615 e. The van der Waals surface area contributed by atoms with Gasteiger partial charge < -0.3 is 5.11 Å². The van der Waals surface area contributed by atoms with Gasteiger partial charge in [0, 0.05) is 0 Å². The third kappa shape index (κ3) is 14.1. The minimum Gasteiger partial charge on any atom is -0.392 e. The Morgan fingerprint density at radius 3 is 1.29 bits per heavy atom. The van der Waals surface area contributed by atoms with Crippen molar-refractivity contribution in [1.29, 1.82) is 0 Å². The van der Waals surface area contributed by atoms with E-state index >= 15 is 0 Å². The van der Waals surface area contributed by atoms with Crippen molar-refractivity contribution < 1.29 is 5.11 Å². The van der Waals surface area contributed by atoms with Crippen LogP contribution in [0.5, 0.6) is 0 Å². The molecule has 0 rings (SSSR count). The van der Waals surface area contributed by atoms with Crippen LogP contribution < -0.4 is 0 Å². The number of hydrogen-bond acceptors (Lipinski definition) is 1. The molecular formula is C16H20O. The number of aliphatic hydroxyl groups is 1. The number of allylic oxidation sites excluding steroid dienone is 13. The van der Waals surface area contributed by atoms with E-state index in [0.717, 1.165) is 0 Å². The number of aliphatic hydroxyl groups excluding tert-OH is 1. The van der Waals surface area contributed by atoms with Crippen LogP contribution in [-0.4, -0.2) is 11.7 Å². The van der Waals surface area contributed by atoms with E-state index < -0.39 is 0 Å². The van der Waals surface area contributed by atoms with Gasteiger partial charge in [-0.2, -0.15) is 0 Å². The summed E-state index contributed by atoms with van der Waals surface area (Å²) in [5.74, 6) is 0. The fourth-order valence-corrected chi connectivity index (χ4v) is 0.892. The summed E-state index contributed by atoms with van der Waals surface area (Å²) in [6.45, 7) is 2.07. The van der Waals surface area contributed by atoms with Gasteiger partial charge in [0.1, 0.15) is 0 Å². The Balaban J connectivity index is 3.76. The van der Waals surface area contributed by atoms with Gasteiger partial charge in [-0.25, -0.2) is 0 Å². The van der Waals surface area contributed by atoms with Crippen LogP contribution in [0.25, 0.3) is 0 Å². The van der Waals surface area contributed by atoms with Crippen molar-refractivity contribution in [2.24, 2.45) is 0 Å². The second kappa shape index (κ2) is 14.1. The van der Waals surface area contributed by atoms with Crippen LogP contribution in [0.2, 0.25) is 0 Å². The second-order valence-corrected chi connectivity index (χ2v) is 3.06. The van der Waals surface area contributed by atoms with Gasteiger partial charge in [-0.05, 0) is 6.92 Å². The van der Waals surface area contributed by atoms with Crippen molar-refractivity contribution in [2.45, 2.75) is 6.92 Å². The van der Waals surface area contributed by atoms with Crippen LogP contribution in [0, 0.1) is 0 Å². The fourth-order valence-electron chi connectivity index (χ4n) is 0.892. The Morgan fingerprint density at radius 2 is 0.941 bits per heavy atom. The lowest BCUT2D eigenvalue weighted by molar-refractivity contribution is 0.343. The molecule has 1 heteroatoms. The lowest BCUT2D eigenvalue weighted by Gasteiger charge is -1.75. The summed E-state index contributed by atoms with van der Waals surface area (Å²) in [6, 6.07) is 0. The molecule has 90 valence electrons. The maximum absolute atomic E-state index is 8.48. The molecule has 0 aromatic carbocycles. The van der Waals surface area contributed by atoms with E-state index in [-0.39, 0.29) is 6.61 Å². The summed E-state index contributed by atoms with van der Waals surface area (Å²) < 4.78 is 0. The molecule has 0 saturated carbocycles. The molecule has 0 amide bonds. The molecule has 0 radical (unpaired) electrons. The van der Waals surface area contributed by atoms with Crippen molar-refractivity contribution in [2.75, 3.05) is 6.61 Å². The molecule has 0 aliphatic carbocycles. The van der Waals surface area contributed by atoms with Gasteiger partial charge in [0.15, 0.2) is 0 Å². The summed E-state index contributed by atoms with van der Waals surface area (Å²) in [7, 11) is 0. The number of hydrogen-bond donors (Lipinski definition) is 1. The topological polar surface area (TPSA) is 20.2 Å². The second-order valence-electron chi connectivity index (χ2n) is 3.06. The van der Waals surface area contributed by atoms with Gasteiger partial charge in [-0.1, -0.05) is 85.1 Å². The first-order valence-corrected chi connectivity index (χ1v) is 5.64. The van der Waals surface area contributed by atoms with Crippen LogP contribution in [0.1, 0.15) is 6.92 Å². The predicted molar refractivity (Wildman–Crippen MR) is 76.7 cm³/mol. The van der Waals surface area contributed by atoms with E-state index in [1.165, 1.54) is 0 Å². The molecule has 0 aliphatic heterocycles. The standard InChI is InChI=1S/C16H20O/c1-2-3-4-5-6-7-8-9-10-11-12-13-14-15-16-17/h2-15,17H,16H2,1H3/b3-2+,5-4+,7-6+,9-8+,11-10+,13-12+,15-14+. The molecule has 0 bridgehead atoms. The first-order chi connectivity index (χ1) is 8.41. The fraction of sp³-hybridized carbons (Fsp3) is 0.125. The molecule has 0 aromatic heterocycles. The Morgan fingerprint density at radius 1 is 0.588 bits per heavy atom. The highest BCUT2D eigenvalue weighted by molar-refractivity contribution is 5.20. The zero-order chi connectivity index (χ0) is 12.6. The number of rotatable bonds is 7. The van der Waals surface area contributed by atoms with Crippen molar-refractivity contribution in [1.82, 2.24) is 0 Å². The highest BCUT2D eigenvalue weighted by Crippen LogP contribution is 1.85. The normalized spacial score (nSPS) is 14.2. The van der Waals surface area contributed by atoms with E-state index in [1.54, 1.807) is 12.2 Å². The monoisotopic (exact) mass is 228 g/mol. The molecule has 0 unspecified atom stereocenters. The van der Waals surface area contributed by atoms with Crippen molar-refractivity contribution in [3.05, 3.63) is 85.1 Å². The molecule has 17 heavy (non-hydrogen) atoms. The summed E-state index contributed by atoms with van der Waals surface area (Å²) in [5.41, 5.74) is 0. The van der Waals surface area contributed by atoms with Crippen LogP contribution >= 0.6 is 0 Å². The Bertz CT molecular complexity index is 350. The molecule has 1 N–H and O–H groups in total. The third-order valence-electron chi connectivity index (χ3n) is 1.66. The van der Waals surface area contributed by atoms with Gasteiger partial charge in [0.2, 0.25) is 0 Å². The SMILES string of the molecule is C/C=C/C=C/C=C/C=C/C=C/C=C/C=C/CO. The maximum atomic E-state index is 8.48. The van der Waals surface area contributed by atoms with Crippen molar-refractivity contribution in [3.63, 3.8) is 0 Å². The first kappa shape index (κ1) is 15.1. The van der Waals surface area contributed by atoms with E-state index in [4.69, 9.17) is 5.11 Å². The van der Waals surface area contributed by atoms with Crippen LogP contribution in [0.4, 0.5) is 0 Å². The van der Waals surface area contributed by atoms with Crippen molar-refractivity contribution >= 4 is 0 Å². The average molecular weight is 228 g/mol.